The van der Waals surface area contributed by atoms with E-state index in [0.29, 0.717) is 32.5 Å². The molecule has 1 saturated heterocycles. The molecule has 0 radical (unpaired) electrons. The Labute approximate surface area is 121 Å². The number of nitrogens with zero attached hydrogens (tertiary/aromatic N) is 3. The van der Waals surface area contributed by atoms with Gasteiger partial charge in [-0.2, -0.15) is 18.3 Å². The third-order valence-electron chi connectivity index (χ3n) is 3.59. The first-order chi connectivity index (χ1) is 9.83. The van der Waals surface area contributed by atoms with E-state index in [2.05, 4.69) is 10.4 Å². The summed E-state index contributed by atoms with van der Waals surface area (Å²) in [6.45, 7) is 0.126. The van der Waals surface area contributed by atoms with Gasteiger partial charge in [0.25, 0.3) is 0 Å². The maximum atomic E-state index is 12.3. The number of hydrogen-bond donors (Lipinski definition) is 1. The lowest BCUT2D eigenvalue weighted by Crippen LogP contribution is -2.43. The van der Waals surface area contributed by atoms with E-state index >= 15 is 0 Å². The molecule has 0 spiro atoms. The smallest absolute Gasteiger partial charge is 0.352 e. The van der Waals surface area contributed by atoms with E-state index in [-0.39, 0.29) is 11.8 Å². The lowest BCUT2D eigenvalue weighted by molar-refractivity contribution is -0.149. The third kappa shape index (κ3) is 5.04. The highest BCUT2D eigenvalue weighted by atomic mass is 19.4. The zero-order chi connectivity index (χ0) is 15.5. The van der Waals surface area contributed by atoms with Gasteiger partial charge < -0.3 is 5.32 Å². The minimum Gasteiger partial charge on any atom is -0.352 e. The first-order valence-corrected chi connectivity index (χ1v) is 6.88. The normalized spacial score (nSPS) is 17.9. The number of aryl methyl sites for hydroxylation is 1. The Morgan fingerprint density at radius 3 is 2.62 bits per heavy atom. The van der Waals surface area contributed by atoms with E-state index in [0.717, 1.165) is 5.56 Å². The van der Waals surface area contributed by atoms with Crippen LogP contribution in [0.15, 0.2) is 12.4 Å². The highest BCUT2D eigenvalue weighted by molar-refractivity contribution is 5.78. The molecule has 8 heteroatoms. The summed E-state index contributed by atoms with van der Waals surface area (Å²) < 4.78 is 38.5. The molecule has 2 rings (SSSR count). The van der Waals surface area contributed by atoms with Gasteiger partial charge in [-0.15, -0.1) is 0 Å². The molecule has 1 aliphatic rings. The van der Waals surface area contributed by atoms with Crippen LogP contribution >= 0.6 is 0 Å². The van der Waals surface area contributed by atoms with Crippen molar-refractivity contribution in [1.82, 2.24) is 20.0 Å². The highest BCUT2D eigenvalue weighted by Crippen LogP contribution is 2.22. The van der Waals surface area contributed by atoms with Gasteiger partial charge in [0.15, 0.2) is 0 Å². The van der Waals surface area contributed by atoms with Crippen LogP contribution in [0.25, 0.3) is 0 Å². The molecule has 2 heterocycles. The molecule has 0 unspecified atom stereocenters. The lowest BCUT2D eigenvalue weighted by Gasteiger charge is -2.31. The van der Waals surface area contributed by atoms with Crippen molar-refractivity contribution in [3.8, 4) is 0 Å². The average molecular weight is 304 g/mol. The molecule has 0 aliphatic carbocycles. The van der Waals surface area contributed by atoms with Crippen LogP contribution < -0.4 is 5.32 Å². The number of carbonyl (C=O) groups is 1. The topological polar surface area (TPSA) is 50.2 Å². The molecule has 1 N–H and O–H groups in total. The molecule has 1 aromatic heterocycles. The monoisotopic (exact) mass is 304 g/mol. The fourth-order valence-corrected chi connectivity index (χ4v) is 2.50. The Morgan fingerprint density at radius 1 is 1.43 bits per heavy atom. The number of amides is 1. The van der Waals surface area contributed by atoms with Gasteiger partial charge in [-0.05, 0) is 25.9 Å². The molecule has 1 aliphatic heterocycles. The summed E-state index contributed by atoms with van der Waals surface area (Å²) in [6.07, 6.45) is 0.248. The number of nitrogens with one attached hydrogen (secondary N) is 1. The van der Waals surface area contributed by atoms with Gasteiger partial charge in [-0.1, -0.05) is 0 Å². The summed E-state index contributed by atoms with van der Waals surface area (Å²) in [6, 6.07) is 0. The number of alkyl halides is 3. The van der Waals surface area contributed by atoms with Crippen LogP contribution in [0.4, 0.5) is 13.2 Å². The molecular weight excluding hydrogens is 285 g/mol. The molecule has 0 saturated carbocycles. The van der Waals surface area contributed by atoms with Crippen LogP contribution in [-0.4, -0.2) is 46.4 Å². The van der Waals surface area contributed by atoms with Crippen LogP contribution in [0.3, 0.4) is 0 Å². The second kappa shape index (κ2) is 6.46. The Kier molecular flexibility index (Phi) is 4.87. The molecular formula is C13H19F3N4O. The summed E-state index contributed by atoms with van der Waals surface area (Å²) in [5, 5.41) is 6.82. The Hall–Kier alpha value is -1.57. The van der Waals surface area contributed by atoms with Crippen LogP contribution in [0.1, 0.15) is 18.4 Å². The van der Waals surface area contributed by atoms with Crippen molar-refractivity contribution in [2.24, 2.45) is 13.0 Å². The van der Waals surface area contributed by atoms with Crippen molar-refractivity contribution in [3.05, 3.63) is 18.0 Å². The fourth-order valence-electron chi connectivity index (χ4n) is 2.50. The summed E-state index contributed by atoms with van der Waals surface area (Å²) >= 11 is 0. The van der Waals surface area contributed by atoms with Gasteiger partial charge >= 0.3 is 6.18 Å². The van der Waals surface area contributed by atoms with E-state index in [4.69, 9.17) is 0 Å². The Bertz CT molecular complexity index is 478. The standard InChI is InChI=1S/C13H19F3N4O/c1-19-8-10(7-18-19)6-17-12(21)11-2-4-20(5-3-11)9-13(14,15)16/h7-8,11H,2-6,9H2,1H3,(H,17,21). The second-order valence-corrected chi connectivity index (χ2v) is 5.41. The molecule has 21 heavy (non-hydrogen) atoms. The lowest BCUT2D eigenvalue weighted by atomic mass is 9.96. The number of aromatic nitrogens is 2. The first kappa shape index (κ1) is 15.8. The van der Waals surface area contributed by atoms with Gasteiger partial charge in [0, 0.05) is 31.3 Å². The van der Waals surface area contributed by atoms with Gasteiger partial charge in [0.1, 0.15) is 0 Å². The molecule has 5 nitrogen and oxygen atoms in total. The van der Waals surface area contributed by atoms with Crippen LogP contribution in [0, 0.1) is 5.92 Å². The van der Waals surface area contributed by atoms with Gasteiger partial charge in [0.2, 0.25) is 5.91 Å². The van der Waals surface area contributed by atoms with E-state index < -0.39 is 12.7 Å². The number of likely N-dealkylation sites (tertiary alicyclic amines) is 1. The predicted molar refractivity (Wildman–Crippen MR) is 70.3 cm³/mol. The second-order valence-electron chi connectivity index (χ2n) is 5.41. The minimum atomic E-state index is -4.17. The number of hydrogen-bond acceptors (Lipinski definition) is 3. The van der Waals surface area contributed by atoms with Crippen molar-refractivity contribution < 1.29 is 18.0 Å². The van der Waals surface area contributed by atoms with E-state index in [9.17, 15) is 18.0 Å². The quantitative estimate of drug-likeness (QED) is 0.912. The van der Waals surface area contributed by atoms with E-state index in [1.54, 1.807) is 17.9 Å². The van der Waals surface area contributed by atoms with Gasteiger partial charge in [0.05, 0.1) is 12.7 Å². The van der Waals surface area contributed by atoms with Crippen LogP contribution in [-0.2, 0) is 18.4 Å². The third-order valence-corrected chi connectivity index (χ3v) is 3.59. The van der Waals surface area contributed by atoms with Crippen molar-refractivity contribution in [3.63, 3.8) is 0 Å². The van der Waals surface area contributed by atoms with Gasteiger partial charge in [-0.3, -0.25) is 14.4 Å². The fraction of sp³-hybridized carbons (Fsp3) is 0.692. The van der Waals surface area contributed by atoms with E-state index in [1.165, 1.54) is 4.90 Å². The number of rotatable bonds is 4. The van der Waals surface area contributed by atoms with Crippen molar-refractivity contribution in [1.29, 1.82) is 0 Å². The van der Waals surface area contributed by atoms with Crippen molar-refractivity contribution in [2.45, 2.75) is 25.6 Å². The van der Waals surface area contributed by atoms with Crippen LogP contribution in [0.2, 0.25) is 0 Å². The summed E-state index contributed by atoms with van der Waals surface area (Å²) in [4.78, 5) is 13.3. The van der Waals surface area contributed by atoms with Gasteiger partial charge in [-0.25, -0.2) is 0 Å². The first-order valence-electron chi connectivity index (χ1n) is 6.88. The molecule has 1 fully saturated rings. The number of carbonyl (C=O) groups excluding carboxylic acids is 1. The molecule has 0 atom stereocenters. The van der Waals surface area contributed by atoms with E-state index in [1.807, 2.05) is 6.20 Å². The van der Waals surface area contributed by atoms with Crippen LogP contribution in [0.5, 0.6) is 0 Å². The zero-order valence-corrected chi connectivity index (χ0v) is 11.9. The maximum Gasteiger partial charge on any atom is 0.401 e. The number of piperidine rings is 1. The Balaban J connectivity index is 1.73. The predicted octanol–water partition coefficient (Wildman–Crippen LogP) is 1.31. The Morgan fingerprint density at radius 2 is 2.10 bits per heavy atom. The SMILES string of the molecule is Cn1cc(CNC(=O)C2CCN(CC(F)(F)F)CC2)cn1. The molecule has 1 aromatic rings. The summed E-state index contributed by atoms with van der Waals surface area (Å²) in [5.74, 6) is -0.295. The van der Waals surface area contributed by atoms with Crippen molar-refractivity contribution >= 4 is 5.91 Å². The largest absolute Gasteiger partial charge is 0.401 e. The minimum absolute atomic E-state index is 0.0921. The summed E-state index contributed by atoms with van der Waals surface area (Å²) in [7, 11) is 1.79. The maximum absolute atomic E-state index is 12.3. The average Bonchev–Trinajstić information content (AvgIpc) is 2.81. The number of halogens is 3. The summed E-state index contributed by atoms with van der Waals surface area (Å²) in [5.41, 5.74) is 0.903. The van der Waals surface area contributed by atoms with Crippen molar-refractivity contribution in [2.75, 3.05) is 19.6 Å². The molecule has 118 valence electrons. The zero-order valence-electron chi connectivity index (χ0n) is 11.9. The molecule has 0 bridgehead atoms. The highest BCUT2D eigenvalue weighted by Gasteiger charge is 2.33. The molecule has 1 amide bonds. The molecule has 0 aromatic carbocycles.